The molecule has 536 valence electrons. The molecule has 12 aromatic rings. The van der Waals surface area contributed by atoms with Crippen molar-refractivity contribution in [2.45, 2.75) is 243 Å². The van der Waals surface area contributed by atoms with Gasteiger partial charge in [0.25, 0.3) is 0 Å². The molecule has 0 nitrogen and oxygen atoms in total. The van der Waals surface area contributed by atoms with Gasteiger partial charge in [0.2, 0.25) is 0 Å². The van der Waals surface area contributed by atoms with Crippen LogP contribution in [0.1, 0.15) is 211 Å². The monoisotopic (exact) mass is 1510 g/mol. The van der Waals surface area contributed by atoms with Crippen molar-refractivity contribution in [1.82, 2.24) is 0 Å². The first-order valence-corrected chi connectivity index (χ1v) is 43.4. The quantitative estimate of drug-likeness (QED) is 0.149. The van der Waals surface area contributed by atoms with Gasteiger partial charge < -0.3 is 0 Å². The van der Waals surface area contributed by atoms with Gasteiger partial charge in [-0.15, -0.1) is 45.3 Å². The van der Waals surface area contributed by atoms with E-state index in [2.05, 4.69) is 360 Å². The van der Waals surface area contributed by atoms with Crippen LogP contribution in [-0.2, 0) is 43.3 Å². The van der Waals surface area contributed by atoms with Crippen LogP contribution in [0.25, 0.3) is 89.0 Å². The Kier molecular flexibility index (Phi) is 20.6. The lowest BCUT2D eigenvalue weighted by atomic mass is 9.85. The average Bonchev–Trinajstić information content (AvgIpc) is 1.58. The van der Waals surface area contributed by atoms with Crippen LogP contribution in [0.2, 0.25) is 0 Å². The minimum absolute atomic E-state index is 0.0250. The summed E-state index contributed by atoms with van der Waals surface area (Å²) in [7, 11) is 0. The van der Waals surface area contributed by atoms with E-state index in [-0.39, 0.29) is 43.3 Å². The third-order valence-corrected chi connectivity index (χ3v) is 30.7. The third kappa shape index (κ3) is 15.8. The van der Waals surface area contributed by atoms with E-state index in [1.54, 1.807) is 0 Å². The molecule has 13 rings (SSSR count). The molecule has 0 unspecified atom stereocenters. The fraction of sp³-hybridized carbons (Fsp3) is 0.333. The van der Waals surface area contributed by atoms with Crippen LogP contribution in [0.15, 0.2) is 228 Å². The molecule has 5 heterocycles. The molecule has 8 heteroatoms. The van der Waals surface area contributed by atoms with Gasteiger partial charge in [-0.3, -0.25) is 0 Å². The summed E-state index contributed by atoms with van der Waals surface area (Å²) in [5, 5.41) is 0. The van der Waals surface area contributed by atoms with Crippen molar-refractivity contribution in [3.63, 3.8) is 0 Å². The highest BCUT2D eigenvalue weighted by atomic mass is 32.2. The van der Waals surface area contributed by atoms with E-state index in [1.165, 1.54) is 167 Å². The second-order valence-corrected chi connectivity index (χ2v) is 47.0. The Hall–Kier alpha value is -6.04. The first kappa shape index (κ1) is 76.2. The molecule has 0 aliphatic carbocycles. The predicted molar refractivity (Wildman–Crippen MR) is 467 cm³/mol. The summed E-state index contributed by atoms with van der Waals surface area (Å²) in [4.78, 5) is 0. The summed E-state index contributed by atoms with van der Waals surface area (Å²) in [5.74, 6) is 0. The lowest BCUT2D eigenvalue weighted by molar-refractivity contribution is 0.590. The molecule has 0 spiro atoms. The highest BCUT2D eigenvalue weighted by Gasteiger charge is 2.35. The molecule has 0 N–H and O–H groups in total. The summed E-state index contributed by atoms with van der Waals surface area (Å²) >= 11 is 15.9. The zero-order chi connectivity index (χ0) is 74.8. The van der Waals surface area contributed by atoms with Crippen LogP contribution >= 0.6 is 92.4 Å². The zero-order valence-corrected chi connectivity index (χ0v) is 72.3. The number of hydrogen-bond acceptors (Lipinski definition) is 8. The van der Waals surface area contributed by atoms with E-state index in [4.69, 9.17) is 0 Å². The van der Waals surface area contributed by atoms with Crippen LogP contribution in [0.3, 0.4) is 0 Å². The molecular weight excluding hydrogens is 1410 g/mol. The fourth-order valence-electron chi connectivity index (χ4n) is 13.7. The number of thiophene rings is 4. The minimum atomic E-state index is -0.0250. The number of rotatable bonds is 8. The fourth-order valence-corrected chi connectivity index (χ4v) is 26.8. The maximum atomic E-state index is 2.43. The summed E-state index contributed by atoms with van der Waals surface area (Å²) in [6.07, 6.45) is 0. The van der Waals surface area contributed by atoms with Crippen LogP contribution in [0, 0.1) is 0 Å². The van der Waals surface area contributed by atoms with E-state index < -0.39 is 0 Å². The standard InChI is InChI=1S/C96H104S8/c1-89(2,3)65-41-25-57(26-42-65)73-74(58-27-43-66(44-28-58)90(4,5)6)82-97-81(73)101-83-75(59-29-45-67(46-30-59)91(7,8)9)76(60-31-47-68(48-32-60)92(10,11)12)85(98-83)103-87-79(63-37-53-71(54-38-63)95(19,20)21)80(64-39-55-72(56-40-64)96(22,23)24)88(100-87)104-86-78(62-35-51-70(52-36-62)94(16,17)18)77(84(99-86)102-82)61-33-49-69(50-34-61)93(13,14)15/h25-56H,1-24H3. The van der Waals surface area contributed by atoms with Gasteiger partial charge in [-0.25, -0.2) is 0 Å². The topological polar surface area (TPSA) is 0 Å². The Balaban J connectivity index is 1.21. The van der Waals surface area contributed by atoms with Gasteiger partial charge in [-0.2, -0.15) is 0 Å². The van der Waals surface area contributed by atoms with Gasteiger partial charge in [-0.05, 0) is 132 Å². The SMILES string of the molecule is CC(C)(C)c1ccc(-c2c3sc(c2-c2ccc(C(C)(C)C)cc2)Sc2sc(c(-c4ccc(C(C)(C)C)cc4)c2-c2ccc(C(C)(C)C)cc2)Sc2sc(c(-c4ccc(C(C)(C)C)cc4)c2-c2ccc(C(C)(C)C)cc2)Sc2sc(c(-c4ccc(C(C)(C)C)cc4)c2-c2ccc(C(C)(C)C)cc2)S3)cc1. The third-order valence-electron chi connectivity index (χ3n) is 20.4. The number of benzene rings is 8. The number of fused-ring (bicyclic) bond motifs is 8. The lowest BCUT2D eigenvalue weighted by Crippen LogP contribution is -2.10. The predicted octanol–water partition coefficient (Wildman–Crippen LogP) is 32.6. The van der Waals surface area contributed by atoms with Crippen LogP contribution in [0.5, 0.6) is 0 Å². The highest BCUT2D eigenvalue weighted by molar-refractivity contribution is 8.08. The average molecular weight is 1510 g/mol. The van der Waals surface area contributed by atoms with E-state index in [1.807, 2.05) is 92.4 Å². The van der Waals surface area contributed by atoms with Crippen molar-refractivity contribution in [2.24, 2.45) is 0 Å². The normalized spacial score (nSPS) is 13.6. The smallest absolute Gasteiger partial charge is 0.0751 e. The van der Waals surface area contributed by atoms with Crippen LogP contribution in [0.4, 0.5) is 0 Å². The molecule has 1 aliphatic rings. The molecule has 8 aromatic carbocycles. The van der Waals surface area contributed by atoms with Gasteiger partial charge >= 0.3 is 0 Å². The molecular formula is C96H104S8. The molecule has 0 amide bonds. The molecule has 0 saturated carbocycles. The van der Waals surface area contributed by atoms with Crippen LogP contribution in [-0.4, -0.2) is 0 Å². The molecule has 4 aromatic heterocycles. The molecule has 0 radical (unpaired) electrons. The second kappa shape index (κ2) is 28.2. The highest BCUT2D eigenvalue weighted by Crippen LogP contribution is 2.65. The van der Waals surface area contributed by atoms with Gasteiger partial charge in [-0.1, -0.05) is 407 Å². The zero-order valence-electron chi connectivity index (χ0n) is 65.7. The largest absolute Gasteiger partial charge is 0.120 e. The first-order valence-electron chi connectivity index (χ1n) is 36.8. The van der Waals surface area contributed by atoms with Crippen molar-refractivity contribution in [3.8, 4) is 89.0 Å². The Bertz CT molecular complexity index is 4120. The Morgan fingerprint density at radius 2 is 0.221 bits per heavy atom. The van der Waals surface area contributed by atoms with E-state index >= 15 is 0 Å². The van der Waals surface area contributed by atoms with Crippen LogP contribution < -0.4 is 0 Å². The van der Waals surface area contributed by atoms with E-state index in [0.29, 0.717) is 0 Å². The Labute approximate surface area is 657 Å². The lowest BCUT2D eigenvalue weighted by Gasteiger charge is -2.21. The molecule has 1 aliphatic heterocycles. The molecule has 104 heavy (non-hydrogen) atoms. The molecule has 0 saturated heterocycles. The van der Waals surface area contributed by atoms with Crippen molar-refractivity contribution in [3.05, 3.63) is 239 Å². The van der Waals surface area contributed by atoms with Gasteiger partial charge in [0.15, 0.2) is 0 Å². The maximum Gasteiger partial charge on any atom is 0.0751 e. The van der Waals surface area contributed by atoms with Crippen molar-refractivity contribution >= 4 is 92.4 Å². The van der Waals surface area contributed by atoms with Crippen molar-refractivity contribution in [2.75, 3.05) is 0 Å². The van der Waals surface area contributed by atoms with E-state index in [9.17, 15) is 0 Å². The summed E-state index contributed by atoms with van der Waals surface area (Å²) in [5.41, 5.74) is 30.5. The number of hydrogen-bond donors (Lipinski definition) is 0. The summed E-state index contributed by atoms with van der Waals surface area (Å²) in [6, 6.07) is 77.2. The molecule has 0 fully saturated rings. The van der Waals surface area contributed by atoms with Crippen molar-refractivity contribution in [1.29, 1.82) is 0 Å². The Morgan fingerprint density at radius 1 is 0.135 bits per heavy atom. The molecule has 0 atom stereocenters. The van der Waals surface area contributed by atoms with Gasteiger partial charge in [0.1, 0.15) is 0 Å². The Morgan fingerprint density at radius 3 is 0.298 bits per heavy atom. The van der Waals surface area contributed by atoms with E-state index in [0.717, 1.165) is 0 Å². The summed E-state index contributed by atoms with van der Waals surface area (Å²) < 4.78 is 10.3. The minimum Gasteiger partial charge on any atom is -0.120 e. The summed E-state index contributed by atoms with van der Waals surface area (Å²) in [6.45, 7) is 56.0. The first-order chi connectivity index (χ1) is 48.6. The van der Waals surface area contributed by atoms with Crippen molar-refractivity contribution < 1.29 is 0 Å². The van der Waals surface area contributed by atoms with Gasteiger partial charge in [0.05, 0.1) is 33.7 Å². The molecule has 8 bridgehead atoms. The maximum absolute atomic E-state index is 2.43. The van der Waals surface area contributed by atoms with Gasteiger partial charge in [0, 0.05) is 44.5 Å². The second-order valence-electron chi connectivity index (χ2n) is 36.7.